The van der Waals surface area contributed by atoms with Gasteiger partial charge in [0.1, 0.15) is 0 Å². The van der Waals surface area contributed by atoms with Crippen LogP contribution < -0.4 is 10.6 Å². The molecular weight excluding hydrogens is 212 g/mol. The van der Waals surface area contributed by atoms with E-state index in [0.29, 0.717) is 5.92 Å². The molecule has 1 saturated carbocycles. The van der Waals surface area contributed by atoms with Crippen LogP contribution in [0.25, 0.3) is 0 Å². The largest absolute Gasteiger partial charge is 0.355 e. The topological polar surface area (TPSA) is 41.1 Å². The number of nitrogens with one attached hydrogen (secondary N) is 2. The van der Waals surface area contributed by atoms with Gasteiger partial charge in [-0.1, -0.05) is 39.0 Å². The molecule has 0 aromatic carbocycles. The van der Waals surface area contributed by atoms with Gasteiger partial charge in [-0.2, -0.15) is 0 Å². The molecule has 98 valence electrons. The maximum Gasteiger partial charge on any atom is 0.237 e. The summed E-state index contributed by atoms with van der Waals surface area (Å²) in [7, 11) is 0. The Labute approximate surface area is 105 Å². The van der Waals surface area contributed by atoms with E-state index < -0.39 is 0 Å². The molecule has 1 amide bonds. The standard InChI is InChI=1S/C14H26N2O/c1-11-7-9-15-13(11)14(17)16-10-8-12-5-3-2-4-6-12/h11-13,15H,2-10H2,1H3,(H,16,17). The molecule has 2 aliphatic rings. The Morgan fingerprint density at radius 2 is 2.00 bits per heavy atom. The molecule has 2 N–H and O–H groups in total. The number of rotatable bonds is 4. The first-order valence-corrected chi connectivity index (χ1v) is 7.28. The summed E-state index contributed by atoms with van der Waals surface area (Å²) in [4.78, 5) is 11.9. The van der Waals surface area contributed by atoms with E-state index in [1.165, 1.54) is 38.5 Å². The van der Waals surface area contributed by atoms with Crippen LogP contribution in [0.1, 0.15) is 51.9 Å². The summed E-state index contributed by atoms with van der Waals surface area (Å²) < 4.78 is 0. The summed E-state index contributed by atoms with van der Waals surface area (Å²) in [5.74, 6) is 1.56. The van der Waals surface area contributed by atoms with Crippen molar-refractivity contribution in [2.24, 2.45) is 11.8 Å². The highest BCUT2D eigenvalue weighted by Crippen LogP contribution is 2.25. The Morgan fingerprint density at radius 3 is 2.65 bits per heavy atom. The molecule has 3 heteroatoms. The van der Waals surface area contributed by atoms with Gasteiger partial charge in [-0.05, 0) is 31.2 Å². The molecule has 1 aliphatic heterocycles. The van der Waals surface area contributed by atoms with Crippen LogP contribution in [0.3, 0.4) is 0 Å². The fraction of sp³-hybridized carbons (Fsp3) is 0.929. The third-order valence-electron chi connectivity index (χ3n) is 4.39. The van der Waals surface area contributed by atoms with Crippen LogP contribution in [0.2, 0.25) is 0 Å². The van der Waals surface area contributed by atoms with Gasteiger partial charge >= 0.3 is 0 Å². The SMILES string of the molecule is CC1CCNC1C(=O)NCCC1CCCCC1. The average molecular weight is 238 g/mol. The van der Waals surface area contributed by atoms with Gasteiger partial charge in [0.25, 0.3) is 0 Å². The first kappa shape index (κ1) is 12.9. The van der Waals surface area contributed by atoms with E-state index in [2.05, 4.69) is 17.6 Å². The van der Waals surface area contributed by atoms with Crippen molar-refractivity contribution in [3.63, 3.8) is 0 Å². The third kappa shape index (κ3) is 3.70. The highest BCUT2D eigenvalue weighted by molar-refractivity contribution is 5.82. The zero-order valence-electron chi connectivity index (χ0n) is 11.0. The molecule has 1 heterocycles. The van der Waals surface area contributed by atoms with Crippen molar-refractivity contribution >= 4 is 5.91 Å². The molecule has 3 nitrogen and oxygen atoms in total. The van der Waals surface area contributed by atoms with Gasteiger partial charge in [0.05, 0.1) is 6.04 Å². The number of carbonyl (C=O) groups is 1. The summed E-state index contributed by atoms with van der Waals surface area (Å²) >= 11 is 0. The number of carbonyl (C=O) groups excluding carboxylic acids is 1. The van der Waals surface area contributed by atoms with Gasteiger partial charge in [-0.25, -0.2) is 0 Å². The van der Waals surface area contributed by atoms with Crippen LogP contribution in [0.4, 0.5) is 0 Å². The van der Waals surface area contributed by atoms with Crippen molar-refractivity contribution in [2.45, 2.75) is 57.9 Å². The number of amides is 1. The molecule has 2 atom stereocenters. The quantitative estimate of drug-likeness (QED) is 0.787. The fourth-order valence-corrected chi connectivity index (χ4v) is 3.17. The lowest BCUT2D eigenvalue weighted by molar-refractivity contribution is -0.123. The minimum atomic E-state index is 0.0568. The van der Waals surface area contributed by atoms with Crippen molar-refractivity contribution in [1.82, 2.24) is 10.6 Å². The molecule has 1 aliphatic carbocycles. The molecule has 2 unspecified atom stereocenters. The molecule has 17 heavy (non-hydrogen) atoms. The van der Waals surface area contributed by atoms with E-state index in [-0.39, 0.29) is 11.9 Å². The highest BCUT2D eigenvalue weighted by atomic mass is 16.2. The lowest BCUT2D eigenvalue weighted by Gasteiger charge is -2.22. The van der Waals surface area contributed by atoms with E-state index >= 15 is 0 Å². The second kappa shape index (κ2) is 6.39. The van der Waals surface area contributed by atoms with Crippen LogP contribution in [0.15, 0.2) is 0 Å². The van der Waals surface area contributed by atoms with Crippen LogP contribution in [0.5, 0.6) is 0 Å². The van der Waals surface area contributed by atoms with Crippen LogP contribution in [-0.4, -0.2) is 25.0 Å². The maximum absolute atomic E-state index is 11.9. The Kier molecular flexibility index (Phi) is 4.84. The summed E-state index contributed by atoms with van der Waals surface area (Å²) in [5.41, 5.74) is 0. The van der Waals surface area contributed by atoms with E-state index in [1.807, 2.05) is 0 Å². The number of hydrogen-bond acceptors (Lipinski definition) is 2. The van der Waals surface area contributed by atoms with Crippen LogP contribution >= 0.6 is 0 Å². The van der Waals surface area contributed by atoms with E-state index in [9.17, 15) is 4.79 Å². The van der Waals surface area contributed by atoms with Crippen molar-refractivity contribution in [2.75, 3.05) is 13.1 Å². The summed E-state index contributed by atoms with van der Waals surface area (Å²) in [5, 5.41) is 6.38. The second-order valence-electron chi connectivity index (χ2n) is 5.78. The van der Waals surface area contributed by atoms with E-state index in [4.69, 9.17) is 0 Å². The molecular formula is C14H26N2O. The highest BCUT2D eigenvalue weighted by Gasteiger charge is 2.28. The van der Waals surface area contributed by atoms with Gasteiger partial charge in [0.15, 0.2) is 0 Å². The maximum atomic E-state index is 11.9. The summed E-state index contributed by atoms with van der Waals surface area (Å²) in [6.45, 7) is 4.02. The lowest BCUT2D eigenvalue weighted by Crippen LogP contribution is -2.43. The Bertz CT molecular complexity index is 249. The predicted octanol–water partition coefficient (Wildman–Crippen LogP) is 2.07. The predicted molar refractivity (Wildman–Crippen MR) is 69.8 cm³/mol. The minimum absolute atomic E-state index is 0.0568. The molecule has 2 rings (SSSR count). The smallest absolute Gasteiger partial charge is 0.237 e. The molecule has 0 aromatic rings. The van der Waals surface area contributed by atoms with Gasteiger partial charge in [-0.3, -0.25) is 4.79 Å². The van der Waals surface area contributed by atoms with Crippen LogP contribution in [-0.2, 0) is 4.79 Å². The average Bonchev–Trinajstić information content (AvgIpc) is 2.77. The van der Waals surface area contributed by atoms with E-state index in [1.54, 1.807) is 0 Å². The van der Waals surface area contributed by atoms with Gasteiger partial charge in [0.2, 0.25) is 5.91 Å². The van der Waals surface area contributed by atoms with Crippen molar-refractivity contribution in [3.05, 3.63) is 0 Å². The Balaban J connectivity index is 1.62. The first-order chi connectivity index (χ1) is 8.27. The minimum Gasteiger partial charge on any atom is -0.355 e. The zero-order valence-corrected chi connectivity index (χ0v) is 11.0. The summed E-state index contributed by atoms with van der Waals surface area (Å²) in [6.07, 6.45) is 9.22. The van der Waals surface area contributed by atoms with Crippen LogP contribution in [0, 0.1) is 11.8 Å². The van der Waals surface area contributed by atoms with Crippen molar-refractivity contribution in [1.29, 1.82) is 0 Å². The van der Waals surface area contributed by atoms with Gasteiger partial charge < -0.3 is 10.6 Å². The normalized spacial score (nSPS) is 30.4. The molecule has 0 radical (unpaired) electrons. The molecule has 0 bridgehead atoms. The second-order valence-corrected chi connectivity index (χ2v) is 5.78. The molecule has 2 fully saturated rings. The van der Waals surface area contributed by atoms with Crippen molar-refractivity contribution in [3.8, 4) is 0 Å². The zero-order chi connectivity index (χ0) is 12.1. The Hall–Kier alpha value is -0.570. The Morgan fingerprint density at radius 1 is 1.24 bits per heavy atom. The lowest BCUT2D eigenvalue weighted by atomic mass is 9.87. The molecule has 0 spiro atoms. The van der Waals surface area contributed by atoms with Crippen molar-refractivity contribution < 1.29 is 4.79 Å². The van der Waals surface area contributed by atoms with Gasteiger partial charge in [-0.15, -0.1) is 0 Å². The number of hydrogen-bond donors (Lipinski definition) is 2. The summed E-state index contributed by atoms with van der Waals surface area (Å²) in [6, 6.07) is 0.0568. The first-order valence-electron chi connectivity index (χ1n) is 7.28. The monoisotopic (exact) mass is 238 g/mol. The molecule has 0 aromatic heterocycles. The van der Waals surface area contributed by atoms with Gasteiger partial charge in [0, 0.05) is 6.54 Å². The molecule has 1 saturated heterocycles. The fourth-order valence-electron chi connectivity index (χ4n) is 3.17. The van der Waals surface area contributed by atoms with E-state index in [0.717, 1.165) is 25.4 Å². The third-order valence-corrected chi connectivity index (χ3v) is 4.39.